The monoisotopic (exact) mass is 306 g/mol. The molecule has 0 spiro atoms. The van der Waals surface area contributed by atoms with Crippen molar-refractivity contribution in [2.24, 2.45) is 0 Å². The summed E-state index contributed by atoms with van der Waals surface area (Å²) >= 11 is 11.7. The van der Waals surface area contributed by atoms with Gasteiger partial charge in [-0.05, 0) is 36.4 Å². The number of hydrogen-bond acceptors (Lipinski definition) is 3. The number of hydrogen-bond donors (Lipinski definition) is 2. The number of rotatable bonds is 3. The maximum absolute atomic E-state index is 11.0. The van der Waals surface area contributed by atoms with Crippen LogP contribution in [-0.2, 0) is 0 Å². The highest BCUT2D eigenvalue weighted by molar-refractivity contribution is 6.33. The summed E-state index contributed by atoms with van der Waals surface area (Å²) in [6.45, 7) is 0. The zero-order valence-electron chi connectivity index (χ0n) is 10.0. The molecule has 0 atom stereocenters. The lowest BCUT2D eigenvalue weighted by Gasteiger charge is -2.09. The van der Waals surface area contributed by atoms with E-state index in [1.807, 2.05) is 6.07 Å². The molecule has 0 aliphatic rings. The van der Waals surface area contributed by atoms with Crippen LogP contribution < -0.4 is 5.32 Å². The minimum absolute atomic E-state index is 0.0106. The first-order valence-electron chi connectivity index (χ1n) is 5.51. The number of nitrogens with one attached hydrogen (secondary N) is 1. The highest BCUT2D eigenvalue weighted by Gasteiger charge is 2.09. The minimum atomic E-state index is -1.10. The van der Waals surface area contributed by atoms with E-state index in [0.717, 1.165) is 0 Å². The molecule has 0 aromatic heterocycles. The van der Waals surface area contributed by atoms with Crippen LogP contribution in [0.1, 0.15) is 15.9 Å². The third kappa shape index (κ3) is 3.02. The third-order valence-corrected chi connectivity index (χ3v) is 3.22. The van der Waals surface area contributed by atoms with Crippen molar-refractivity contribution in [3.05, 3.63) is 57.6 Å². The fourth-order valence-electron chi connectivity index (χ4n) is 1.62. The molecule has 100 valence electrons. The summed E-state index contributed by atoms with van der Waals surface area (Å²) in [6, 6.07) is 11.4. The summed E-state index contributed by atoms with van der Waals surface area (Å²) in [5.74, 6) is -1.10. The molecular formula is C14H8Cl2N2O2. The van der Waals surface area contributed by atoms with Gasteiger partial charge in [-0.15, -0.1) is 0 Å². The fourth-order valence-corrected chi connectivity index (χ4v) is 2.04. The molecule has 0 aliphatic carbocycles. The summed E-state index contributed by atoms with van der Waals surface area (Å²) in [7, 11) is 0. The van der Waals surface area contributed by atoms with Gasteiger partial charge in [0.05, 0.1) is 21.2 Å². The number of nitriles is 1. The van der Waals surface area contributed by atoms with Crippen LogP contribution in [0.15, 0.2) is 36.4 Å². The van der Waals surface area contributed by atoms with Crippen LogP contribution in [0.3, 0.4) is 0 Å². The predicted molar refractivity (Wildman–Crippen MR) is 77.9 cm³/mol. The first kappa shape index (κ1) is 14.2. The van der Waals surface area contributed by atoms with E-state index in [2.05, 4.69) is 5.32 Å². The molecule has 2 N–H and O–H groups in total. The Hall–Kier alpha value is -2.22. The van der Waals surface area contributed by atoms with Crippen LogP contribution in [0.2, 0.25) is 10.0 Å². The lowest BCUT2D eigenvalue weighted by molar-refractivity contribution is 0.0697. The molecule has 0 amide bonds. The van der Waals surface area contributed by atoms with Crippen LogP contribution in [0.4, 0.5) is 11.4 Å². The quantitative estimate of drug-likeness (QED) is 0.886. The first-order chi connectivity index (χ1) is 9.51. The molecule has 4 nitrogen and oxygen atoms in total. The normalized spacial score (nSPS) is 9.85. The van der Waals surface area contributed by atoms with Gasteiger partial charge in [0.2, 0.25) is 0 Å². The Morgan fingerprint density at radius 3 is 2.35 bits per heavy atom. The van der Waals surface area contributed by atoms with Crippen molar-refractivity contribution in [3.63, 3.8) is 0 Å². The Labute approximate surface area is 125 Å². The molecule has 2 rings (SSSR count). The summed E-state index contributed by atoms with van der Waals surface area (Å²) < 4.78 is 0. The second-order valence-corrected chi connectivity index (χ2v) is 4.75. The van der Waals surface area contributed by atoms with Crippen molar-refractivity contribution >= 4 is 40.5 Å². The average molecular weight is 307 g/mol. The number of halogens is 2. The Balaban J connectivity index is 2.31. The van der Waals surface area contributed by atoms with E-state index < -0.39 is 5.97 Å². The van der Waals surface area contributed by atoms with Gasteiger partial charge in [-0.25, -0.2) is 4.79 Å². The topological polar surface area (TPSA) is 73.1 Å². The van der Waals surface area contributed by atoms with Gasteiger partial charge in [0.25, 0.3) is 0 Å². The van der Waals surface area contributed by atoms with Crippen LogP contribution >= 0.6 is 23.2 Å². The van der Waals surface area contributed by atoms with Gasteiger partial charge in [0, 0.05) is 11.4 Å². The smallest absolute Gasteiger partial charge is 0.337 e. The molecule has 0 saturated heterocycles. The van der Waals surface area contributed by atoms with Crippen LogP contribution in [0.25, 0.3) is 0 Å². The predicted octanol–water partition coefficient (Wildman–Crippen LogP) is 4.31. The standard InChI is InChI=1S/C14H8Cl2N2O2/c15-12-4-3-9(5-11(12)14(19)20)18-10-2-1-8(7-17)13(16)6-10/h1-6,18H,(H,19,20). The fraction of sp³-hybridized carbons (Fsp3) is 0. The SMILES string of the molecule is N#Cc1ccc(Nc2ccc(Cl)c(C(=O)O)c2)cc1Cl. The molecular weight excluding hydrogens is 299 g/mol. The van der Waals surface area contributed by atoms with E-state index in [9.17, 15) is 4.79 Å². The highest BCUT2D eigenvalue weighted by Crippen LogP contribution is 2.26. The van der Waals surface area contributed by atoms with E-state index >= 15 is 0 Å². The zero-order chi connectivity index (χ0) is 14.7. The summed E-state index contributed by atoms with van der Waals surface area (Å²) in [4.78, 5) is 11.0. The van der Waals surface area contributed by atoms with Crippen molar-refractivity contribution in [3.8, 4) is 6.07 Å². The molecule has 0 heterocycles. The Morgan fingerprint density at radius 1 is 1.10 bits per heavy atom. The van der Waals surface area contributed by atoms with Gasteiger partial charge in [0.15, 0.2) is 0 Å². The molecule has 0 aliphatic heterocycles. The molecule has 0 saturated carbocycles. The lowest BCUT2D eigenvalue weighted by Crippen LogP contribution is -1.99. The van der Waals surface area contributed by atoms with Crippen molar-refractivity contribution in [2.45, 2.75) is 0 Å². The van der Waals surface area contributed by atoms with Crippen LogP contribution in [0.5, 0.6) is 0 Å². The molecule has 6 heteroatoms. The number of carboxylic acids is 1. The van der Waals surface area contributed by atoms with Gasteiger partial charge >= 0.3 is 5.97 Å². The number of carboxylic acid groups (broad SMARTS) is 1. The van der Waals surface area contributed by atoms with Gasteiger partial charge in [-0.2, -0.15) is 5.26 Å². The molecule has 0 radical (unpaired) electrons. The Morgan fingerprint density at radius 2 is 1.75 bits per heavy atom. The van der Waals surface area contributed by atoms with Gasteiger partial charge < -0.3 is 10.4 Å². The van der Waals surface area contributed by atoms with Crippen molar-refractivity contribution < 1.29 is 9.90 Å². The average Bonchev–Trinajstić information content (AvgIpc) is 2.41. The van der Waals surface area contributed by atoms with Crippen LogP contribution in [-0.4, -0.2) is 11.1 Å². The minimum Gasteiger partial charge on any atom is -0.478 e. The zero-order valence-corrected chi connectivity index (χ0v) is 11.5. The van der Waals surface area contributed by atoms with E-state index in [4.69, 9.17) is 33.6 Å². The van der Waals surface area contributed by atoms with E-state index in [1.165, 1.54) is 12.1 Å². The van der Waals surface area contributed by atoms with E-state index in [1.54, 1.807) is 24.3 Å². The van der Waals surface area contributed by atoms with Gasteiger partial charge in [0.1, 0.15) is 6.07 Å². The summed E-state index contributed by atoms with van der Waals surface area (Å²) in [6.07, 6.45) is 0. The van der Waals surface area contributed by atoms with Gasteiger partial charge in [-0.1, -0.05) is 23.2 Å². The Bertz CT molecular complexity index is 724. The maximum atomic E-state index is 11.0. The van der Waals surface area contributed by atoms with E-state index in [-0.39, 0.29) is 10.6 Å². The lowest BCUT2D eigenvalue weighted by atomic mass is 10.2. The summed E-state index contributed by atoms with van der Waals surface area (Å²) in [5.41, 5.74) is 1.59. The second kappa shape index (κ2) is 5.83. The van der Waals surface area contributed by atoms with Crippen molar-refractivity contribution in [2.75, 3.05) is 5.32 Å². The first-order valence-corrected chi connectivity index (χ1v) is 6.26. The second-order valence-electron chi connectivity index (χ2n) is 3.93. The number of aromatic carboxylic acids is 1. The number of carbonyl (C=O) groups is 1. The van der Waals surface area contributed by atoms with E-state index in [0.29, 0.717) is 22.0 Å². The molecule has 0 fully saturated rings. The maximum Gasteiger partial charge on any atom is 0.337 e. The number of nitrogens with zero attached hydrogens (tertiary/aromatic N) is 1. The highest BCUT2D eigenvalue weighted by atomic mass is 35.5. The van der Waals surface area contributed by atoms with Crippen molar-refractivity contribution in [1.82, 2.24) is 0 Å². The molecule has 2 aromatic carbocycles. The molecule has 0 unspecified atom stereocenters. The number of benzene rings is 2. The summed E-state index contributed by atoms with van der Waals surface area (Å²) in [5, 5.41) is 21.3. The number of anilines is 2. The largest absolute Gasteiger partial charge is 0.478 e. The van der Waals surface area contributed by atoms with Gasteiger partial charge in [-0.3, -0.25) is 0 Å². The van der Waals surface area contributed by atoms with Crippen LogP contribution in [0, 0.1) is 11.3 Å². The third-order valence-electron chi connectivity index (χ3n) is 2.57. The Kier molecular flexibility index (Phi) is 4.14. The molecule has 2 aromatic rings. The van der Waals surface area contributed by atoms with Crippen molar-refractivity contribution in [1.29, 1.82) is 5.26 Å². The molecule has 20 heavy (non-hydrogen) atoms. The molecule has 0 bridgehead atoms.